The summed E-state index contributed by atoms with van der Waals surface area (Å²) in [6, 6.07) is 32.5. The maximum absolute atomic E-state index is 13.6. The summed E-state index contributed by atoms with van der Waals surface area (Å²) < 4.78 is 10.9. The predicted octanol–water partition coefficient (Wildman–Crippen LogP) is 6.83. The van der Waals surface area contributed by atoms with Crippen LogP contribution in [0.5, 0.6) is 0 Å². The number of hydrogen-bond acceptors (Lipinski definition) is 4. The van der Waals surface area contributed by atoms with Crippen molar-refractivity contribution in [3.8, 4) is 22.3 Å². The number of esters is 2. The van der Waals surface area contributed by atoms with E-state index in [1.54, 1.807) is 0 Å². The first-order chi connectivity index (χ1) is 18.6. The Morgan fingerprint density at radius 3 is 1.03 bits per heavy atom. The molecule has 0 amide bonds. The molecule has 38 heavy (non-hydrogen) atoms. The minimum atomic E-state index is -0.869. The zero-order chi connectivity index (χ0) is 26.3. The largest absolute Gasteiger partial charge is 0.468 e. The number of hydrogen-bond donors (Lipinski definition) is 0. The van der Waals surface area contributed by atoms with Gasteiger partial charge in [0, 0.05) is 0 Å². The summed E-state index contributed by atoms with van der Waals surface area (Å²) in [7, 11) is 2.93. The molecule has 2 aliphatic rings. The van der Waals surface area contributed by atoms with Crippen molar-refractivity contribution in [1.29, 1.82) is 0 Å². The van der Waals surface area contributed by atoms with E-state index in [0.717, 1.165) is 57.3 Å². The Labute approximate surface area is 223 Å². The van der Waals surface area contributed by atoms with Gasteiger partial charge in [0.1, 0.15) is 10.8 Å². The van der Waals surface area contributed by atoms with Gasteiger partial charge >= 0.3 is 11.9 Å². The molecule has 0 fully saturated rings. The first-order valence-corrected chi connectivity index (χ1v) is 13.1. The van der Waals surface area contributed by atoms with Crippen LogP contribution in [0.2, 0.25) is 0 Å². The van der Waals surface area contributed by atoms with Crippen molar-refractivity contribution in [2.24, 2.45) is 0 Å². The zero-order valence-electron chi connectivity index (χ0n) is 21.7. The van der Waals surface area contributed by atoms with Crippen molar-refractivity contribution in [1.82, 2.24) is 0 Å². The van der Waals surface area contributed by atoms with Crippen LogP contribution in [-0.4, -0.2) is 26.2 Å². The van der Waals surface area contributed by atoms with Gasteiger partial charge in [-0.1, -0.05) is 110 Å². The van der Waals surface area contributed by atoms with Gasteiger partial charge in [-0.15, -0.1) is 0 Å². The molecule has 6 rings (SSSR count). The third-order valence-electron chi connectivity index (χ3n) is 8.55. The fourth-order valence-electron chi connectivity index (χ4n) is 6.96. The molecule has 0 bridgehead atoms. The van der Waals surface area contributed by atoms with E-state index in [4.69, 9.17) is 9.47 Å². The Hall–Kier alpha value is -4.18. The van der Waals surface area contributed by atoms with E-state index in [-0.39, 0.29) is 11.9 Å². The monoisotopic (exact) mass is 502 g/mol. The highest BCUT2D eigenvalue weighted by molar-refractivity contribution is 5.99. The molecule has 0 spiro atoms. The molecule has 2 aliphatic carbocycles. The molecule has 0 atom stereocenters. The minimum absolute atomic E-state index is 0.242. The van der Waals surface area contributed by atoms with E-state index in [1.807, 2.05) is 72.8 Å². The number of unbranched alkanes of at least 4 members (excludes halogenated alkanes) is 1. The number of ether oxygens (including phenoxy) is 2. The van der Waals surface area contributed by atoms with E-state index < -0.39 is 10.8 Å². The second kappa shape index (κ2) is 9.29. The molecule has 0 aromatic heterocycles. The quantitative estimate of drug-likeness (QED) is 0.205. The molecule has 0 radical (unpaired) electrons. The number of fused-ring (bicyclic) bond motifs is 6. The Bertz CT molecular complexity index is 1340. The fourth-order valence-corrected chi connectivity index (χ4v) is 6.96. The SMILES string of the molecule is COC(=O)C1(CCCCC2(C(=O)OC)c3ccccc3-c3ccccc32)c2ccccc2-c2ccccc21. The number of benzene rings is 4. The maximum Gasteiger partial charge on any atom is 0.320 e. The lowest BCUT2D eigenvalue weighted by atomic mass is 9.71. The number of rotatable bonds is 7. The minimum Gasteiger partial charge on any atom is -0.468 e. The summed E-state index contributed by atoms with van der Waals surface area (Å²) >= 11 is 0. The molecular weight excluding hydrogens is 472 g/mol. The molecule has 0 N–H and O–H groups in total. The van der Waals surface area contributed by atoms with Crippen LogP contribution in [0.4, 0.5) is 0 Å². The van der Waals surface area contributed by atoms with Gasteiger partial charge in [-0.25, -0.2) is 0 Å². The van der Waals surface area contributed by atoms with Crippen LogP contribution in [0.25, 0.3) is 22.3 Å². The molecule has 4 aromatic carbocycles. The van der Waals surface area contributed by atoms with Crippen LogP contribution in [0, 0.1) is 0 Å². The molecule has 0 saturated heterocycles. The smallest absolute Gasteiger partial charge is 0.320 e. The lowest BCUT2D eigenvalue weighted by Gasteiger charge is -2.31. The van der Waals surface area contributed by atoms with E-state index >= 15 is 0 Å². The molecule has 0 aliphatic heterocycles. The van der Waals surface area contributed by atoms with Crippen molar-refractivity contribution in [2.75, 3.05) is 14.2 Å². The average molecular weight is 503 g/mol. The van der Waals surface area contributed by atoms with E-state index in [9.17, 15) is 9.59 Å². The van der Waals surface area contributed by atoms with Crippen molar-refractivity contribution in [3.63, 3.8) is 0 Å². The fraction of sp³-hybridized carbons (Fsp3) is 0.235. The van der Waals surface area contributed by atoms with E-state index in [1.165, 1.54) is 14.2 Å². The third kappa shape index (κ3) is 3.22. The highest BCUT2D eigenvalue weighted by Crippen LogP contribution is 2.54. The van der Waals surface area contributed by atoms with E-state index in [0.29, 0.717) is 12.8 Å². The first kappa shape index (κ1) is 24.2. The summed E-state index contributed by atoms with van der Waals surface area (Å²) in [6.07, 6.45) is 2.66. The van der Waals surface area contributed by atoms with Crippen LogP contribution in [0.1, 0.15) is 47.9 Å². The predicted molar refractivity (Wildman–Crippen MR) is 148 cm³/mol. The number of carbonyl (C=O) groups excluding carboxylic acids is 2. The van der Waals surface area contributed by atoms with Gasteiger partial charge in [0.2, 0.25) is 0 Å². The second-order valence-corrected chi connectivity index (χ2v) is 10.2. The third-order valence-corrected chi connectivity index (χ3v) is 8.55. The van der Waals surface area contributed by atoms with Crippen LogP contribution >= 0.6 is 0 Å². The highest BCUT2D eigenvalue weighted by atomic mass is 16.5. The summed E-state index contributed by atoms with van der Waals surface area (Å²) in [5, 5.41) is 0. The van der Waals surface area contributed by atoms with Gasteiger partial charge in [-0.05, 0) is 57.3 Å². The Morgan fingerprint density at radius 1 is 0.500 bits per heavy atom. The van der Waals surface area contributed by atoms with Crippen LogP contribution < -0.4 is 0 Å². The molecular formula is C34H30O4. The van der Waals surface area contributed by atoms with Gasteiger partial charge in [0.05, 0.1) is 14.2 Å². The topological polar surface area (TPSA) is 52.6 Å². The molecule has 0 heterocycles. The molecule has 0 saturated carbocycles. The second-order valence-electron chi connectivity index (χ2n) is 10.2. The Balaban J connectivity index is 1.36. The van der Waals surface area contributed by atoms with Gasteiger partial charge in [-0.3, -0.25) is 9.59 Å². The number of methoxy groups -OCH3 is 2. The van der Waals surface area contributed by atoms with Gasteiger partial charge in [0.15, 0.2) is 0 Å². The van der Waals surface area contributed by atoms with Gasteiger partial charge in [0.25, 0.3) is 0 Å². The summed E-state index contributed by atoms with van der Waals surface area (Å²) in [5.41, 5.74) is 6.56. The van der Waals surface area contributed by atoms with Crippen LogP contribution in [0.15, 0.2) is 97.1 Å². The highest BCUT2D eigenvalue weighted by Gasteiger charge is 2.51. The maximum atomic E-state index is 13.6. The van der Waals surface area contributed by atoms with Crippen molar-refractivity contribution >= 4 is 11.9 Å². The number of carbonyl (C=O) groups is 2. The summed E-state index contributed by atoms with van der Waals surface area (Å²) in [5.74, 6) is -0.483. The summed E-state index contributed by atoms with van der Waals surface area (Å²) in [4.78, 5) is 27.1. The average Bonchev–Trinajstić information content (AvgIpc) is 3.43. The zero-order valence-corrected chi connectivity index (χ0v) is 21.7. The Morgan fingerprint density at radius 2 is 0.763 bits per heavy atom. The standard InChI is InChI=1S/C34H30O4/c1-37-31(35)33(27-17-7-3-13-23(27)24-14-4-8-18-28(24)33)21-11-12-22-34(32(36)38-2)29-19-9-5-15-25(29)26-16-6-10-20-30(26)34/h3-10,13-20H,11-12,21-22H2,1-2H3. The normalized spacial score (nSPS) is 15.1. The lowest BCUT2D eigenvalue weighted by Crippen LogP contribution is -2.38. The van der Waals surface area contributed by atoms with Gasteiger partial charge < -0.3 is 9.47 Å². The first-order valence-electron chi connectivity index (χ1n) is 13.1. The van der Waals surface area contributed by atoms with Crippen molar-refractivity contribution in [3.05, 3.63) is 119 Å². The lowest BCUT2D eigenvalue weighted by molar-refractivity contribution is -0.147. The Kier molecular flexibility index (Phi) is 5.91. The molecule has 190 valence electrons. The molecule has 4 nitrogen and oxygen atoms in total. The molecule has 0 unspecified atom stereocenters. The molecule has 4 heteroatoms. The summed E-state index contributed by atoms with van der Waals surface area (Å²) in [6.45, 7) is 0. The van der Waals surface area contributed by atoms with Crippen molar-refractivity contribution in [2.45, 2.75) is 36.5 Å². The molecule has 4 aromatic rings. The van der Waals surface area contributed by atoms with Crippen LogP contribution in [-0.2, 0) is 29.9 Å². The van der Waals surface area contributed by atoms with Crippen LogP contribution in [0.3, 0.4) is 0 Å². The van der Waals surface area contributed by atoms with Crippen molar-refractivity contribution < 1.29 is 19.1 Å². The van der Waals surface area contributed by atoms with Gasteiger partial charge in [-0.2, -0.15) is 0 Å². The van der Waals surface area contributed by atoms with E-state index in [2.05, 4.69) is 24.3 Å².